The zero-order valence-corrected chi connectivity index (χ0v) is 9.41. The van der Waals surface area contributed by atoms with Crippen molar-refractivity contribution in [2.24, 2.45) is 0 Å². The number of hydrogen-bond acceptors (Lipinski definition) is 3. The molecule has 5 heteroatoms. The van der Waals surface area contributed by atoms with Crippen molar-refractivity contribution < 1.29 is 13.9 Å². The molecule has 1 atom stereocenters. The van der Waals surface area contributed by atoms with Gasteiger partial charge in [-0.15, -0.1) is 0 Å². The minimum Gasteiger partial charge on any atom is -0.445 e. The number of rotatable bonds is 3. The Balaban J connectivity index is 1.75. The highest BCUT2D eigenvalue weighted by atomic mass is 19.1. The highest BCUT2D eigenvalue weighted by Gasteiger charge is 2.17. The molecule has 4 nitrogen and oxygen atoms in total. The Kier molecular flexibility index (Phi) is 3.93. The maximum atomic E-state index is 12.9. The van der Waals surface area contributed by atoms with E-state index >= 15 is 0 Å². The van der Waals surface area contributed by atoms with Crippen LogP contribution in [0.3, 0.4) is 0 Å². The van der Waals surface area contributed by atoms with Crippen LogP contribution in [0.1, 0.15) is 12.0 Å². The van der Waals surface area contributed by atoms with Gasteiger partial charge in [0.2, 0.25) is 0 Å². The van der Waals surface area contributed by atoms with Gasteiger partial charge in [-0.1, -0.05) is 12.1 Å². The van der Waals surface area contributed by atoms with Gasteiger partial charge in [-0.3, -0.25) is 0 Å². The molecule has 17 heavy (non-hydrogen) atoms. The molecule has 1 aromatic carbocycles. The maximum Gasteiger partial charge on any atom is 0.407 e. The lowest BCUT2D eigenvalue weighted by Gasteiger charge is -2.11. The Hall–Kier alpha value is -1.62. The van der Waals surface area contributed by atoms with E-state index in [-0.39, 0.29) is 18.5 Å². The summed E-state index contributed by atoms with van der Waals surface area (Å²) < 4.78 is 17.9. The topological polar surface area (TPSA) is 50.4 Å². The van der Waals surface area contributed by atoms with Gasteiger partial charge in [0.25, 0.3) is 0 Å². The molecule has 1 aliphatic rings. The van der Waals surface area contributed by atoms with Crippen LogP contribution in [0.25, 0.3) is 0 Å². The number of nitrogens with one attached hydrogen (secondary N) is 2. The van der Waals surface area contributed by atoms with E-state index in [2.05, 4.69) is 10.6 Å². The van der Waals surface area contributed by atoms with Crippen molar-refractivity contribution in [2.75, 3.05) is 13.1 Å². The summed E-state index contributed by atoms with van der Waals surface area (Å²) in [4.78, 5) is 11.4. The van der Waals surface area contributed by atoms with E-state index in [1.165, 1.54) is 12.1 Å². The molecule has 1 saturated heterocycles. The Labute approximate surface area is 99.2 Å². The molecule has 1 heterocycles. The molecule has 1 amide bonds. The molecule has 0 spiro atoms. The monoisotopic (exact) mass is 238 g/mol. The molecule has 1 fully saturated rings. The first-order chi connectivity index (χ1) is 8.24. The van der Waals surface area contributed by atoms with Crippen molar-refractivity contribution in [1.29, 1.82) is 0 Å². The standard InChI is InChI=1S/C12H15FN2O2/c13-10-3-1-2-9(6-10)8-17-12(16)15-11-4-5-14-7-11/h1-3,6,11,14H,4-5,7-8H2,(H,15,16). The smallest absolute Gasteiger partial charge is 0.407 e. The highest BCUT2D eigenvalue weighted by Crippen LogP contribution is 2.05. The van der Waals surface area contributed by atoms with E-state index in [1.54, 1.807) is 12.1 Å². The van der Waals surface area contributed by atoms with Crippen molar-refractivity contribution in [1.82, 2.24) is 10.6 Å². The van der Waals surface area contributed by atoms with Crippen molar-refractivity contribution >= 4 is 6.09 Å². The lowest BCUT2D eigenvalue weighted by atomic mass is 10.2. The summed E-state index contributed by atoms with van der Waals surface area (Å²) in [6.07, 6.45) is 0.456. The van der Waals surface area contributed by atoms with E-state index in [1.807, 2.05) is 0 Å². The summed E-state index contributed by atoms with van der Waals surface area (Å²) >= 11 is 0. The summed E-state index contributed by atoms with van der Waals surface area (Å²) in [6, 6.07) is 6.15. The zero-order chi connectivity index (χ0) is 12.1. The quantitative estimate of drug-likeness (QED) is 0.837. The molecule has 0 aliphatic carbocycles. The number of carbonyl (C=O) groups excluding carboxylic acids is 1. The molecule has 1 aliphatic heterocycles. The first-order valence-corrected chi connectivity index (χ1v) is 5.62. The summed E-state index contributed by atoms with van der Waals surface area (Å²) in [6.45, 7) is 1.77. The lowest BCUT2D eigenvalue weighted by molar-refractivity contribution is 0.136. The van der Waals surface area contributed by atoms with E-state index in [9.17, 15) is 9.18 Å². The lowest BCUT2D eigenvalue weighted by Crippen LogP contribution is -2.36. The number of halogens is 1. The second-order valence-corrected chi connectivity index (χ2v) is 4.04. The second kappa shape index (κ2) is 5.63. The summed E-state index contributed by atoms with van der Waals surface area (Å²) in [7, 11) is 0. The summed E-state index contributed by atoms with van der Waals surface area (Å²) in [5, 5.41) is 5.89. The van der Waals surface area contributed by atoms with Crippen LogP contribution in [0.4, 0.5) is 9.18 Å². The van der Waals surface area contributed by atoms with Crippen molar-refractivity contribution in [3.8, 4) is 0 Å². The normalized spacial score (nSPS) is 19.0. The molecule has 2 N–H and O–H groups in total. The molecular weight excluding hydrogens is 223 g/mol. The van der Waals surface area contributed by atoms with Gasteiger partial charge < -0.3 is 15.4 Å². The van der Waals surface area contributed by atoms with Gasteiger partial charge in [0.1, 0.15) is 12.4 Å². The Morgan fingerprint density at radius 1 is 1.59 bits per heavy atom. The van der Waals surface area contributed by atoms with Crippen molar-refractivity contribution in [3.63, 3.8) is 0 Å². The van der Waals surface area contributed by atoms with Crippen LogP contribution in [0.2, 0.25) is 0 Å². The minimum atomic E-state index is -0.456. The van der Waals surface area contributed by atoms with Crippen LogP contribution in [0.15, 0.2) is 24.3 Å². The van der Waals surface area contributed by atoms with Gasteiger partial charge in [0, 0.05) is 12.6 Å². The summed E-state index contributed by atoms with van der Waals surface area (Å²) in [5.41, 5.74) is 0.643. The number of ether oxygens (including phenoxy) is 1. The maximum absolute atomic E-state index is 12.9. The third-order valence-corrected chi connectivity index (χ3v) is 2.64. The second-order valence-electron chi connectivity index (χ2n) is 4.04. The van der Waals surface area contributed by atoms with Gasteiger partial charge >= 0.3 is 6.09 Å². The molecule has 2 rings (SSSR count). The third-order valence-electron chi connectivity index (χ3n) is 2.64. The molecule has 92 valence electrons. The van der Waals surface area contributed by atoms with E-state index in [0.29, 0.717) is 5.56 Å². The number of amides is 1. The minimum absolute atomic E-state index is 0.0870. The first kappa shape index (κ1) is 11.9. The average Bonchev–Trinajstić information content (AvgIpc) is 2.79. The van der Waals surface area contributed by atoms with Gasteiger partial charge in [-0.05, 0) is 30.7 Å². The highest BCUT2D eigenvalue weighted by molar-refractivity contribution is 5.67. The van der Waals surface area contributed by atoms with E-state index in [4.69, 9.17) is 4.74 Å². The fourth-order valence-electron chi connectivity index (χ4n) is 1.76. The Morgan fingerprint density at radius 3 is 3.18 bits per heavy atom. The number of hydrogen-bond donors (Lipinski definition) is 2. The predicted molar refractivity (Wildman–Crippen MR) is 61.0 cm³/mol. The fourth-order valence-corrected chi connectivity index (χ4v) is 1.76. The Morgan fingerprint density at radius 2 is 2.47 bits per heavy atom. The average molecular weight is 238 g/mol. The fraction of sp³-hybridized carbons (Fsp3) is 0.417. The summed E-state index contributed by atoms with van der Waals surface area (Å²) in [5.74, 6) is -0.327. The van der Waals surface area contributed by atoms with Crippen LogP contribution < -0.4 is 10.6 Å². The van der Waals surface area contributed by atoms with Crippen molar-refractivity contribution in [2.45, 2.75) is 19.1 Å². The predicted octanol–water partition coefficient (Wildman–Crippen LogP) is 1.41. The molecule has 1 unspecified atom stereocenters. The van der Waals surface area contributed by atoms with E-state index in [0.717, 1.165) is 19.5 Å². The molecule has 0 aromatic heterocycles. The number of benzene rings is 1. The van der Waals surface area contributed by atoms with Gasteiger partial charge in [0.05, 0.1) is 0 Å². The number of carbonyl (C=O) groups is 1. The van der Waals surface area contributed by atoms with Crippen molar-refractivity contribution in [3.05, 3.63) is 35.6 Å². The third kappa shape index (κ3) is 3.71. The van der Waals surface area contributed by atoms with Crippen LogP contribution in [0.5, 0.6) is 0 Å². The molecule has 1 aromatic rings. The molecule has 0 saturated carbocycles. The molecule has 0 bridgehead atoms. The number of alkyl carbamates (subject to hydrolysis) is 1. The van der Waals surface area contributed by atoms with Gasteiger partial charge in [-0.25, -0.2) is 9.18 Å². The van der Waals surface area contributed by atoms with Crippen LogP contribution in [0, 0.1) is 5.82 Å². The SMILES string of the molecule is O=C(NC1CCNC1)OCc1cccc(F)c1. The van der Waals surface area contributed by atoms with Gasteiger partial charge in [0.15, 0.2) is 0 Å². The largest absolute Gasteiger partial charge is 0.445 e. The van der Waals surface area contributed by atoms with Crippen LogP contribution in [-0.2, 0) is 11.3 Å². The van der Waals surface area contributed by atoms with Gasteiger partial charge in [-0.2, -0.15) is 0 Å². The van der Waals surface area contributed by atoms with E-state index < -0.39 is 6.09 Å². The Bertz CT molecular complexity index is 392. The van der Waals surface area contributed by atoms with Crippen LogP contribution >= 0.6 is 0 Å². The van der Waals surface area contributed by atoms with Crippen LogP contribution in [-0.4, -0.2) is 25.2 Å². The molecular formula is C12H15FN2O2. The molecule has 0 radical (unpaired) electrons. The first-order valence-electron chi connectivity index (χ1n) is 5.62. The zero-order valence-electron chi connectivity index (χ0n) is 9.41.